The topological polar surface area (TPSA) is 85.6 Å². The third-order valence-corrected chi connectivity index (χ3v) is 6.30. The van der Waals surface area contributed by atoms with Gasteiger partial charge >= 0.3 is 11.9 Å². The van der Waals surface area contributed by atoms with Gasteiger partial charge in [-0.25, -0.2) is 9.59 Å². The van der Waals surface area contributed by atoms with E-state index in [-0.39, 0.29) is 5.75 Å². The van der Waals surface area contributed by atoms with Crippen LogP contribution >= 0.6 is 0 Å². The summed E-state index contributed by atoms with van der Waals surface area (Å²) in [6.45, 7) is 6.39. The van der Waals surface area contributed by atoms with Gasteiger partial charge in [0, 0.05) is 0 Å². The quantitative estimate of drug-likeness (QED) is 0.122. The first-order chi connectivity index (χ1) is 17.9. The molecule has 2 aromatic carbocycles. The Labute approximate surface area is 221 Å². The maximum atomic E-state index is 12.5. The molecule has 1 atom stereocenters. The molecular formula is C31H41NO5. The number of hydrogen-bond acceptors (Lipinski definition) is 6. The normalized spacial score (nSPS) is 12.3. The number of unbranched alkanes of at least 4 members (excludes halogenated alkanes) is 8. The zero-order chi connectivity index (χ0) is 26.9. The zero-order valence-corrected chi connectivity index (χ0v) is 22.6. The van der Waals surface area contributed by atoms with Crippen molar-refractivity contribution in [3.8, 4) is 23.3 Å². The van der Waals surface area contributed by atoms with Gasteiger partial charge in [0.05, 0.1) is 18.2 Å². The highest BCUT2D eigenvalue weighted by molar-refractivity contribution is 5.91. The lowest BCUT2D eigenvalue weighted by Crippen LogP contribution is -2.30. The SMILES string of the molecule is CCCCCCCCCCCOc1ccc(C(=O)Oc2ccc(OC(=O)C(C)(C#N)CCC)cc2)cc1. The Morgan fingerprint density at radius 1 is 0.730 bits per heavy atom. The Kier molecular flexibility index (Phi) is 13.3. The second kappa shape index (κ2) is 16.4. The second-order valence-electron chi connectivity index (χ2n) is 9.65. The summed E-state index contributed by atoms with van der Waals surface area (Å²) in [5.74, 6) is 0.259. The number of esters is 2. The minimum absolute atomic E-state index is 0.288. The fourth-order valence-electron chi connectivity index (χ4n) is 3.95. The number of benzene rings is 2. The molecule has 0 spiro atoms. The number of ether oxygens (including phenoxy) is 3. The van der Waals surface area contributed by atoms with E-state index in [1.165, 1.54) is 63.5 Å². The van der Waals surface area contributed by atoms with Crippen LogP contribution in [0.4, 0.5) is 0 Å². The van der Waals surface area contributed by atoms with E-state index in [0.717, 1.165) is 12.2 Å². The molecule has 0 aliphatic rings. The maximum absolute atomic E-state index is 12.5. The van der Waals surface area contributed by atoms with E-state index in [1.54, 1.807) is 43.3 Å². The van der Waals surface area contributed by atoms with E-state index >= 15 is 0 Å². The van der Waals surface area contributed by atoms with Crippen molar-refractivity contribution < 1.29 is 23.8 Å². The summed E-state index contributed by atoms with van der Waals surface area (Å²) in [7, 11) is 0. The Hall–Kier alpha value is -3.33. The largest absolute Gasteiger partial charge is 0.494 e. The van der Waals surface area contributed by atoms with E-state index in [9.17, 15) is 14.9 Å². The Morgan fingerprint density at radius 3 is 1.78 bits per heavy atom. The van der Waals surface area contributed by atoms with Crippen LogP contribution in [0.2, 0.25) is 0 Å². The van der Waals surface area contributed by atoms with Crippen molar-refractivity contribution in [2.24, 2.45) is 5.41 Å². The molecule has 37 heavy (non-hydrogen) atoms. The molecule has 0 N–H and O–H groups in total. The summed E-state index contributed by atoms with van der Waals surface area (Å²) >= 11 is 0. The van der Waals surface area contributed by atoms with Crippen molar-refractivity contribution in [2.45, 2.75) is 91.4 Å². The van der Waals surface area contributed by atoms with Gasteiger partial charge in [0.15, 0.2) is 5.41 Å². The van der Waals surface area contributed by atoms with E-state index in [4.69, 9.17) is 14.2 Å². The van der Waals surface area contributed by atoms with E-state index in [2.05, 4.69) is 6.92 Å². The minimum Gasteiger partial charge on any atom is -0.494 e. The molecule has 2 rings (SSSR count). The average Bonchev–Trinajstić information content (AvgIpc) is 2.91. The fourth-order valence-corrected chi connectivity index (χ4v) is 3.95. The van der Waals surface area contributed by atoms with Gasteiger partial charge in [0.25, 0.3) is 0 Å². The first-order valence-electron chi connectivity index (χ1n) is 13.6. The molecule has 0 aliphatic heterocycles. The molecule has 0 saturated heterocycles. The summed E-state index contributed by atoms with van der Waals surface area (Å²) in [4.78, 5) is 24.8. The summed E-state index contributed by atoms with van der Waals surface area (Å²) in [6, 6.07) is 15.1. The number of rotatable bonds is 17. The number of nitriles is 1. The maximum Gasteiger partial charge on any atom is 0.343 e. The van der Waals surface area contributed by atoms with Crippen LogP contribution in [0.1, 0.15) is 102 Å². The lowest BCUT2D eigenvalue weighted by molar-refractivity contribution is -0.142. The van der Waals surface area contributed by atoms with Crippen LogP contribution in [-0.4, -0.2) is 18.5 Å². The molecule has 0 radical (unpaired) electrons. The third kappa shape index (κ3) is 10.7. The van der Waals surface area contributed by atoms with E-state index in [1.807, 2.05) is 13.0 Å². The Bertz CT molecular complexity index is 994. The van der Waals surface area contributed by atoms with Gasteiger partial charge in [0.1, 0.15) is 17.2 Å². The van der Waals surface area contributed by atoms with Crippen LogP contribution in [0.25, 0.3) is 0 Å². The van der Waals surface area contributed by atoms with Gasteiger partial charge in [-0.15, -0.1) is 0 Å². The minimum atomic E-state index is -1.19. The number of carbonyl (C=O) groups is 2. The molecule has 0 bridgehead atoms. The Morgan fingerprint density at radius 2 is 1.24 bits per heavy atom. The number of nitrogens with zero attached hydrogens (tertiary/aromatic N) is 1. The van der Waals surface area contributed by atoms with Crippen LogP contribution in [0.5, 0.6) is 17.2 Å². The first-order valence-corrected chi connectivity index (χ1v) is 13.6. The van der Waals surface area contributed by atoms with Crippen molar-refractivity contribution in [1.29, 1.82) is 5.26 Å². The van der Waals surface area contributed by atoms with Crippen LogP contribution in [0.15, 0.2) is 48.5 Å². The van der Waals surface area contributed by atoms with Crippen molar-refractivity contribution in [3.05, 3.63) is 54.1 Å². The monoisotopic (exact) mass is 507 g/mol. The van der Waals surface area contributed by atoms with Crippen molar-refractivity contribution in [2.75, 3.05) is 6.61 Å². The highest BCUT2D eigenvalue weighted by Crippen LogP contribution is 2.27. The first kappa shape index (κ1) is 29.9. The summed E-state index contributed by atoms with van der Waals surface area (Å²) in [6.07, 6.45) is 12.5. The average molecular weight is 508 g/mol. The van der Waals surface area contributed by atoms with Crippen LogP contribution in [0.3, 0.4) is 0 Å². The van der Waals surface area contributed by atoms with Crippen molar-refractivity contribution in [1.82, 2.24) is 0 Å². The molecule has 0 aromatic heterocycles. The molecular weight excluding hydrogens is 466 g/mol. The van der Waals surface area contributed by atoms with Gasteiger partial charge in [-0.2, -0.15) is 5.26 Å². The molecule has 6 nitrogen and oxygen atoms in total. The molecule has 0 amide bonds. The van der Waals surface area contributed by atoms with E-state index in [0.29, 0.717) is 30.8 Å². The van der Waals surface area contributed by atoms with Crippen molar-refractivity contribution in [3.63, 3.8) is 0 Å². The summed E-state index contributed by atoms with van der Waals surface area (Å²) in [5.41, 5.74) is -0.779. The molecule has 200 valence electrons. The van der Waals surface area contributed by atoms with Gasteiger partial charge in [-0.1, -0.05) is 71.6 Å². The van der Waals surface area contributed by atoms with Crippen molar-refractivity contribution >= 4 is 11.9 Å². The third-order valence-electron chi connectivity index (χ3n) is 6.30. The second-order valence-corrected chi connectivity index (χ2v) is 9.65. The van der Waals surface area contributed by atoms with E-state index < -0.39 is 17.4 Å². The molecule has 2 aromatic rings. The fraction of sp³-hybridized carbons (Fsp3) is 0.516. The number of carbonyl (C=O) groups excluding carboxylic acids is 2. The smallest absolute Gasteiger partial charge is 0.343 e. The lowest BCUT2D eigenvalue weighted by Gasteiger charge is -2.18. The molecule has 1 unspecified atom stereocenters. The lowest BCUT2D eigenvalue weighted by atomic mass is 9.87. The summed E-state index contributed by atoms with van der Waals surface area (Å²) in [5, 5.41) is 9.33. The van der Waals surface area contributed by atoms with Gasteiger partial charge in [-0.05, 0) is 68.3 Å². The molecule has 0 aliphatic carbocycles. The highest BCUT2D eigenvalue weighted by Gasteiger charge is 2.34. The van der Waals surface area contributed by atoms with Crippen LogP contribution in [-0.2, 0) is 4.79 Å². The van der Waals surface area contributed by atoms with Crippen LogP contribution < -0.4 is 14.2 Å². The molecule has 0 heterocycles. The number of hydrogen-bond donors (Lipinski definition) is 0. The van der Waals surface area contributed by atoms with Gasteiger partial charge in [0.2, 0.25) is 0 Å². The molecule has 0 fully saturated rings. The Balaban J connectivity index is 1.72. The van der Waals surface area contributed by atoms with Gasteiger partial charge < -0.3 is 14.2 Å². The molecule has 6 heteroatoms. The zero-order valence-electron chi connectivity index (χ0n) is 22.6. The van der Waals surface area contributed by atoms with Gasteiger partial charge in [-0.3, -0.25) is 0 Å². The standard InChI is InChI=1S/C31H41NO5/c1-4-6-7-8-9-10-11-12-13-23-35-26-16-14-25(15-17-26)29(33)36-27-18-20-28(21-19-27)37-30(34)31(3,24-32)22-5-2/h14-21H,4-13,22-23H2,1-3H3. The van der Waals surface area contributed by atoms with Crippen LogP contribution in [0, 0.1) is 16.7 Å². The highest BCUT2D eigenvalue weighted by atomic mass is 16.5. The summed E-state index contributed by atoms with van der Waals surface area (Å²) < 4.78 is 16.6. The predicted octanol–water partition coefficient (Wildman–Crippen LogP) is 8.05. The molecule has 0 saturated carbocycles. The predicted molar refractivity (Wildman–Crippen MR) is 145 cm³/mol.